The SMILES string of the molecule is COc1ccc(NC(=O)Cn2cc(S(=O)(=O)N3CCCCC3)ccc2=O)cc1. The van der Waals surface area contributed by atoms with E-state index < -0.39 is 21.5 Å². The summed E-state index contributed by atoms with van der Waals surface area (Å²) in [4.78, 5) is 24.4. The first-order valence-corrected chi connectivity index (χ1v) is 10.5. The molecule has 1 aliphatic rings. The number of benzene rings is 1. The molecule has 8 nitrogen and oxygen atoms in total. The lowest BCUT2D eigenvalue weighted by Gasteiger charge is -2.26. The lowest BCUT2D eigenvalue weighted by atomic mass is 10.2. The minimum atomic E-state index is -3.68. The molecule has 28 heavy (non-hydrogen) atoms. The monoisotopic (exact) mass is 405 g/mol. The molecule has 0 radical (unpaired) electrons. The summed E-state index contributed by atoms with van der Waals surface area (Å²) < 4.78 is 33.2. The molecule has 0 atom stereocenters. The van der Waals surface area contributed by atoms with Gasteiger partial charge in [-0.05, 0) is 43.2 Å². The third-order valence-electron chi connectivity index (χ3n) is 4.60. The molecule has 1 aliphatic heterocycles. The number of nitrogens with zero attached hydrogens (tertiary/aromatic N) is 2. The molecule has 1 fully saturated rings. The number of rotatable bonds is 6. The highest BCUT2D eigenvalue weighted by Crippen LogP contribution is 2.19. The summed E-state index contributed by atoms with van der Waals surface area (Å²) in [6.07, 6.45) is 3.89. The Labute approximate surface area is 163 Å². The quantitative estimate of drug-likeness (QED) is 0.788. The molecule has 9 heteroatoms. The molecule has 1 amide bonds. The van der Waals surface area contributed by atoms with E-state index >= 15 is 0 Å². The maximum atomic E-state index is 12.8. The van der Waals surface area contributed by atoms with Gasteiger partial charge in [0.05, 0.1) is 12.0 Å². The molecular formula is C19H23N3O5S. The van der Waals surface area contributed by atoms with E-state index in [0.29, 0.717) is 24.5 Å². The van der Waals surface area contributed by atoms with Crippen LogP contribution in [0.15, 0.2) is 52.3 Å². The van der Waals surface area contributed by atoms with E-state index in [2.05, 4.69) is 5.32 Å². The van der Waals surface area contributed by atoms with Crippen molar-refractivity contribution in [2.75, 3.05) is 25.5 Å². The number of piperidine rings is 1. The molecule has 150 valence electrons. The van der Waals surface area contributed by atoms with Crippen LogP contribution in [-0.4, -0.2) is 43.4 Å². The van der Waals surface area contributed by atoms with Crippen molar-refractivity contribution >= 4 is 21.6 Å². The van der Waals surface area contributed by atoms with Crippen molar-refractivity contribution in [3.05, 3.63) is 52.9 Å². The van der Waals surface area contributed by atoms with Gasteiger partial charge >= 0.3 is 0 Å². The summed E-state index contributed by atoms with van der Waals surface area (Å²) in [5.41, 5.74) is 0.110. The van der Waals surface area contributed by atoms with Crippen molar-refractivity contribution in [3.63, 3.8) is 0 Å². The molecule has 0 unspecified atom stereocenters. The normalized spacial score (nSPS) is 15.2. The van der Waals surface area contributed by atoms with Gasteiger partial charge < -0.3 is 14.6 Å². The molecule has 1 aromatic carbocycles. The fourth-order valence-corrected chi connectivity index (χ4v) is 4.61. The van der Waals surface area contributed by atoms with E-state index in [0.717, 1.165) is 23.8 Å². The number of methoxy groups -OCH3 is 1. The fourth-order valence-electron chi connectivity index (χ4n) is 3.07. The highest BCUT2D eigenvalue weighted by Gasteiger charge is 2.26. The van der Waals surface area contributed by atoms with Crippen LogP contribution in [0.4, 0.5) is 5.69 Å². The Kier molecular flexibility index (Phi) is 6.15. The van der Waals surface area contributed by atoms with Crippen molar-refractivity contribution < 1.29 is 17.9 Å². The Hall–Kier alpha value is -2.65. The third kappa shape index (κ3) is 4.60. The molecule has 2 heterocycles. The molecule has 3 rings (SSSR count). The van der Waals surface area contributed by atoms with Gasteiger partial charge in [-0.15, -0.1) is 0 Å². The van der Waals surface area contributed by atoms with Crippen LogP contribution in [0.1, 0.15) is 19.3 Å². The second-order valence-electron chi connectivity index (χ2n) is 6.57. The van der Waals surface area contributed by atoms with Gasteiger partial charge in [-0.25, -0.2) is 8.42 Å². The summed E-state index contributed by atoms with van der Waals surface area (Å²) in [5, 5.41) is 2.68. The number of ether oxygens (including phenoxy) is 1. The highest BCUT2D eigenvalue weighted by molar-refractivity contribution is 7.89. The minimum Gasteiger partial charge on any atom is -0.497 e. The Balaban J connectivity index is 1.75. The summed E-state index contributed by atoms with van der Waals surface area (Å²) in [6.45, 7) is 0.660. The summed E-state index contributed by atoms with van der Waals surface area (Å²) >= 11 is 0. The zero-order chi connectivity index (χ0) is 20.1. The van der Waals surface area contributed by atoms with Gasteiger partial charge in [0.2, 0.25) is 15.9 Å². The standard InChI is InChI=1S/C19H23N3O5S/c1-27-16-7-5-15(6-8-16)20-18(23)14-21-13-17(9-10-19(21)24)28(25,26)22-11-3-2-4-12-22/h5-10,13H,2-4,11-12,14H2,1H3,(H,20,23). The Bertz CT molecular complexity index is 993. The van der Waals surface area contributed by atoms with Crippen molar-refractivity contribution in [1.29, 1.82) is 0 Å². The molecular weight excluding hydrogens is 382 g/mol. The number of anilines is 1. The van der Waals surface area contributed by atoms with Gasteiger partial charge in [0.15, 0.2) is 0 Å². The molecule has 0 bridgehead atoms. The second kappa shape index (κ2) is 8.57. The smallest absolute Gasteiger partial charge is 0.251 e. The summed E-state index contributed by atoms with van der Waals surface area (Å²) in [5.74, 6) is 0.227. The number of carbonyl (C=O) groups is 1. The Morgan fingerprint density at radius 2 is 1.75 bits per heavy atom. The van der Waals surface area contributed by atoms with Crippen LogP contribution in [0.5, 0.6) is 5.75 Å². The first-order chi connectivity index (χ1) is 13.4. The van der Waals surface area contributed by atoms with Crippen LogP contribution in [0.3, 0.4) is 0 Å². The Morgan fingerprint density at radius 1 is 1.07 bits per heavy atom. The van der Waals surface area contributed by atoms with Crippen LogP contribution < -0.4 is 15.6 Å². The van der Waals surface area contributed by atoms with Crippen molar-refractivity contribution in [2.45, 2.75) is 30.7 Å². The maximum absolute atomic E-state index is 12.8. The van der Waals surface area contributed by atoms with Gasteiger partial charge in [-0.1, -0.05) is 6.42 Å². The number of hydrogen-bond acceptors (Lipinski definition) is 5. The predicted molar refractivity (Wildman–Crippen MR) is 105 cm³/mol. The van der Waals surface area contributed by atoms with Gasteiger partial charge in [0.25, 0.3) is 5.56 Å². The largest absolute Gasteiger partial charge is 0.497 e. The average Bonchev–Trinajstić information content (AvgIpc) is 2.70. The predicted octanol–water partition coefficient (Wildman–Crippen LogP) is 1.67. The third-order valence-corrected chi connectivity index (χ3v) is 6.48. The number of sulfonamides is 1. The van der Waals surface area contributed by atoms with E-state index in [1.54, 1.807) is 31.4 Å². The zero-order valence-electron chi connectivity index (χ0n) is 15.6. The number of carbonyl (C=O) groups excluding carboxylic acids is 1. The van der Waals surface area contributed by atoms with E-state index in [1.165, 1.54) is 22.6 Å². The van der Waals surface area contributed by atoms with Crippen molar-refractivity contribution in [3.8, 4) is 5.75 Å². The topological polar surface area (TPSA) is 97.7 Å². The van der Waals surface area contributed by atoms with Crippen molar-refractivity contribution in [1.82, 2.24) is 8.87 Å². The van der Waals surface area contributed by atoms with Gasteiger partial charge in [-0.2, -0.15) is 4.31 Å². The van der Waals surface area contributed by atoms with E-state index in [9.17, 15) is 18.0 Å². The molecule has 2 aromatic rings. The van der Waals surface area contributed by atoms with E-state index in [-0.39, 0.29) is 11.4 Å². The van der Waals surface area contributed by atoms with Crippen molar-refractivity contribution in [2.24, 2.45) is 0 Å². The summed E-state index contributed by atoms with van der Waals surface area (Å²) in [7, 11) is -2.13. The van der Waals surface area contributed by atoms with Crippen LogP contribution in [0, 0.1) is 0 Å². The molecule has 1 saturated heterocycles. The highest BCUT2D eigenvalue weighted by atomic mass is 32.2. The molecule has 1 aromatic heterocycles. The van der Waals surface area contributed by atoms with Crippen LogP contribution >= 0.6 is 0 Å². The van der Waals surface area contributed by atoms with E-state index in [4.69, 9.17) is 4.74 Å². The molecule has 0 saturated carbocycles. The van der Waals surface area contributed by atoms with E-state index in [1.807, 2.05) is 0 Å². The number of nitrogens with one attached hydrogen (secondary N) is 1. The second-order valence-corrected chi connectivity index (χ2v) is 8.51. The fraction of sp³-hybridized carbons (Fsp3) is 0.368. The lowest BCUT2D eigenvalue weighted by molar-refractivity contribution is -0.116. The minimum absolute atomic E-state index is 0.0197. The van der Waals surface area contributed by atoms with Gasteiger partial charge in [0, 0.05) is 31.0 Å². The molecule has 1 N–H and O–H groups in total. The zero-order valence-corrected chi connectivity index (χ0v) is 16.4. The first-order valence-electron chi connectivity index (χ1n) is 9.05. The maximum Gasteiger partial charge on any atom is 0.251 e. The number of pyridine rings is 1. The Morgan fingerprint density at radius 3 is 2.39 bits per heavy atom. The summed E-state index contributed by atoms with van der Waals surface area (Å²) in [6, 6.07) is 9.23. The van der Waals surface area contributed by atoms with Crippen LogP contribution in [-0.2, 0) is 21.4 Å². The molecule has 0 spiro atoms. The number of hydrogen-bond donors (Lipinski definition) is 1. The number of aromatic nitrogens is 1. The average molecular weight is 405 g/mol. The van der Waals surface area contributed by atoms with Gasteiger partial charge in [0.1, 0.15) is 12.3 Å². The van der Waals surface area contributed by atoms with Crippen LogP contribution in [0.2, 0.25) is 0 Å². The molecule has 0 aliphatic carbocycles. The van der Waals surface area contributed by atoms with Crippen LogP contribution in [0.25, 0.3) is 0 Å². The number of amides is 1. The van der Waals surface area contributed by atoms with Gasteiger partial charge in [-0.3, -0.25) is 9.59 Å². The first kappa shape index (κ1) is 20.1. The lowest BCUT2D eigenvalue weighted by Crippen LogP contribution is -2.36.